The zero-order valence-corrected chi connectivity index (χ0v) is 24.8. The van der Waals surface area contributed by atoms with Gasteiger partial charge in [0.05, 0.1) is 11.4 Å². The molecule has 0 spiro atoms. The molecule has 1 aliphatic rings. The van der Waals surface area contributed by atoms with Crippen molar-refractivity contribution >= 4 is 17.1 Å². The number of anilines is 2. The molecule has 0 amide bonds. The van der Waals surface area contributed by atoms with Crippen molar-refractivity contribution in [3.63, 3.8) is 0 Å². The van der Waals surface area contributed by atoms with Crippen LogP contribution in [0.1, 0.15) is 71.3 Å². The molecular formula is C34H42N6. The normalized spacial score (nSPS) is 12.7. The van der Waals surface area contributed by atoms with E-state index in [1.54, 1.807) is 0 Å². The maximum absolute atomic E-state index is 5.25. The van der Waals surface area contributed by atoms with Crippen LogP contribution in [0, 0.1) is 0 Å². The maximum atomic E-state index is 5.25. The molecule has 5 rings (SSSR count). The maximum Gasteiger partial charge on any atom is 0.168 e. The van der Waals surface area contributed by atoms with Crippen molar-refractivity contribution in [1.29, 1.82) is 0 Å². The summed E-state index contributed by atoms with van der Waals surface area (Å²) >= 11 is 0. The summed E-state index contributed by atoms with van der Waals surface area (Å²) in [5.41, 5.74) is 7.83. The molecule has 2 heterocycles. The van der Waals surface area contributed by atoms with E-state index in [2.05, 4.69) is 121 Å². The Labute approximate surface area is 239 Å². The average molecular weight is 535 g/mol. The first-order valence-corrected chi connectivity index (χ1v) is 14.8. The number of benzene rings is 3. The zero-order valence-electron chi connectivity index (χ0n) is 24.8. The van der Waals surface area contributed by atoms with Gasteiger partial charge < -0.3 is 9.80 Å². The second-order valence-electron chi connectivity index (χ2n) is 11.1. The Morgan fingerprint density at radius 3 is 2.05 bits per heavy atom. The smallest absolute Gasteiger partial charge is 0.168 e. The number of nitrogens with zero attached hydrogens (tertiary/aromatic N) is 6. The Morgan fingerprint density at radius 2 is 1.43 bits per heavy atom. The summed E-state index contributed by atoms with van der Waals surface area (Å²) in [4.78, 5) is 10.2. The van der Waals surface area contributed by atoms with Gasteiger partial charge in [0, 0.05) is 53.2 Å². The Morgan fingerprint density at radius 1 is 0.750 bits per heavy atom. The lowest BCUT2D eigenvalue weighted by Crippen LogP contribution is -2.38. The fraction of sp³-hybridized carbons (Fsp3) is 0.382. The summed E-state index contributed by atoms with van der Waals surface area (Å²) in [6, 6.07) is 26.6. The standard InChI is InChI=1S/C34H42N6/c1-7-21-38(22-8-2)28-19-17-26(18-20-28)33-32-29(39(24(3)4)25(5)6)15-12-16-30(32)40-31(23-35-33)36-37-34(40)27-13-10-9-11-14-27/h9-20,24-25H,7-8,21-23H2,1-6H3. The first-order valence-electron chi connectivity index (χ1n) is 14.8. The monoisotopic (exact) mass is 534 g/mol. The largest absolute Gasteiger partial charge is 0.372 e. The molecule has 0 aliphatic carbocycles. The highest BCUT2D eigenvalue weighted by Crippen LogP contribution is 2.37. The molecule has 40 heavy (non-hydrogen) atoms. The van der Waals surface area contributed by atoms with E-state index < -0.39 is 0 Å². The molecule has 0 atom stereocenters. The molecule has 208 valence electrons. The third-order valence-electron chi connectivity index (χ3n) is 7.52. The lowest BCUT2D eigenvalue weighted by atomic mass is 9.96. The minimum atomic E-state index is 0.323. The minimum Gasteiger partial charge on any atom is -0.372 e. The molecule has 0 saturated heterocycles. The van der Waals surface area contributed by atoms with Crippen LogP contribution in [0.4, 0.5) is 11.4 Å². The van der Waals surface area contributed by atoms with Gasteiger partial charge in [-0.1, -0.05) is 62.4 Å². The first-order chi connectivity index (χ1) is 19.4. The molecule has 6 heteroatoms. The molecule has 1 aliphatic heterocycles. The van der Waals surface area contributed by atoms with Gasteiger partial charge in [0.2, 0.25) is 0 Å². The van der Waals surface area contributed by atoms with E-state index in [9.17, 15) is 0 Å². The van der Waals surface area contributed by atoms with Gasteiger partial charge in [-0.05, 0) is 64.8 Å². The highest BCUT2D eigenvalue weighted by atomic mass is 15.3. The Hall–Kier alpha value is -3.93. The van der Waals surface area contributed by atoms with Crippen molar-refractivity contribution in [3.05, 3.63) is 89.7 Å². The van der Waals surface area contributed by atoms with Crippen LogP contribution in [-0.4, -0.2) is 45.6 Å². The van der Waals surface area contributed by atoms with Crippen molar-refractivity contribution in [2.45, 2.75) is 73.0 Å². The quantitative estimate of drug-likeness (QED) is 0.211. The molecule has 6 nitrogen and oxygen atoms in total. The van der Waals surface area contributed by atoms with Crippen LogP contribution >= 0.6 is 0 Å². The van der Waals surface area contributed by atoms with Gasteiger partial charge in [0.15, 0.2) is 11.6 Å². The summed E-state index contributed by atoms with van der Waals surface area (Å²) in [7, 11) is 0. The van der Waals surface area contributed by atoms with Crippen LogP contribution in [0.5, 0.6) is 0 Å². The Kier molecular flexibility index (Phi) is 8.34. The summed E-state index contributed by atoms with van der Waals surface area (Å²) in [5, 5.41) is 9.27. The van der Waals surface area contributed by atoms with Crippen LogP contribution in [-0.2, 0) is 6.54 Å². The number of fused-ring (bicyclic) bond motifs is 3. The minimum absolute atomic E-state index is 0.323. The lowest BCUT2D eigenvalue weighted by molar-refractivity contribution is 0.607. The van der Waals surface area contributed by atoms with Gasteiger partial charge >= 0.3 is 0 Å². The number of aromatic nitrogens is 3. The fourth-order valence-electron chi connectivity index (χ4n) is 5.98. The summed E-state index contributed by atoms with van der Waals surface area (Å²) < 4.78 is 2.21. The van der Waals surface area contributed by atoms with Gasteiger partial charge in [0.1, 0.15) is 6.54 Å². The number of rotatable bonds is 10. The number of aliphatic imine (C=N–C) groups is 1. The van der Waals surface area contributed by atoms with E-state index in [1.807, 2.05) is 18.2 Å². The Bertz CT molecular complexity index is 1440. The van der Waals surface area contributed by atoms with Crippen LogP contribution in [0.2, 0.25) is 0 Å². The van der Waals surface area contributed by atoms with E-state index >= 15 is 0 Å². The fourth-order valence-corrected chi connectivity index (χ4v) is 5.98. The molecule has 3 aromatic carbocycles. The van der Waals surface area contributed by atoms with Crippen LogP contribution in [0.25, 0.3) is 17.1 Å². The third-order valence-corrected chi connectivity index (χ3v) is 7.52. The SMILES string of the molecule is CCCN(CCC)c1ccc(C2=NCc3nnc(-c4ccccc4)n3-c3cccc(N(C(C)C)C(C)C)c32)cc1. The highest BCUT2D eigenvalue weighted by Gasteiger charge is 2.29. The number of hydrogen-bond acceptors (Lipinski definition) is 5. The van der Waals surface area contributed by atoms with Crippen LogP contribution < -0.4 is 9.80 Å². The molecule has 0 saturated carbocycles. The van der Waals surface area contributed by atoms with E-state index in [0.29, 0.717) is 18.6 Å². The van der Waals surface area contributed by atoms with Gasteiger partial charge in [-0.3, -0.25) is 9.56 Å². The topological polar surface area (TPSA) is 49.6 Å². The second kappa shape index (κ2) is 12.1. The zero-order chi connectivity index (χ0) is 28.2. The summed E-state index contributed by atoms with van der Waals surface area (Å²) in [5.74, 6) is 1.69. The lowest BCUT2D eigenvalue weighted by Gasteiger charge is -2.35. The van der Waals surface area contributed by atoms with Crippen molar-refractivity contribution < 1.29 is 0 Å². The predicted octanol–water partition coefficient (Wildman–Crippen LogP) is 7.53. The molecule has 0 N–H and O–H groups in total. The molecule has 0 bridgehead atoms. The van der Waals surface area contributed by atoms with Crippen LogP contribution in [0.15, 0.2) is 77.8 Å². The van der Waals surface area contributed by atoms with Crippen molar-refractivity contribution in [2.24, 2.45) is 4.99 Å². The van der Waals surface area contributed by atoms with Gasteiger partial charge in [-0.15, -0.1) is 10.2 Å². The predicted molar refractivity (Wildman–Crippen MR) is 168 cm³/mol. The first kappa shape index (κ1) is 27.6. The average Bonchev–Trinajstić information content (AvgIpc) is 3.30. The molecule has 4 aromatic rings. The third kappa shape index (κ3) is 5.27. The molecule has 1 aromatic heterocycles. The van der Waals surface area contributed by atoms with Gasteiger partial charge in [0.25, 0.3) is 0 Å². The Balaban J connectivity index is 1.71. The highest BCUT2D eigenvalue weighted by molar-refractivity contribution is 6.18. The molecular weight excluding hydrogens is 492 g/mol. The van der Waals surface area contributed by atoms with Crippen molar-refractivity contribution in [2.75, 3.05) is 22.9 Å². The molecule has 0 fully saturated rings. The van der Waals surface area contributed by atoms with E-state index in [-0.39, 0.29) is 0 Å². The summed E-state index contributed by atoms with van der Waals surface area (Å²) in [6.45, 7) is 16.1. The van der Waals surface area contributed by atoms with Crippen molar-refractivity contribution in [3.8, 4) is 17.1 Å². The van der Waals surface area contributed by atoms with Crippen LogP contribution in [0.3, 0.4) is 0 Å². The van der Waals surface area contributed by atoms with E-state index in [0.717, 1.165) is 65.7 Å². The second-order valence-corrected chi connectivity index (χ2v) is 11.1. The summed E-state index contributed by atoms with van der Waals surface area (Å²) in [6.07, 6.45) is 2.27. The number of hydrogen-bond donors (Lipinski definition) is 0. The van der Waals surface area contributed by atoms with Crippen molar-refractivity contribution in [1.82, 2.24) is 14.8 Å². The molecule has 0 unspecified atom stereocenters. The van der Waals surface area contributed by atoms with Gasteiger partial charge in [-0.25, -0.2) is 0 Å². The van der Waals surface area contributed by atoms with Gasteiger partial charge in [-0.2, -0.15) is 0 Å². The van der Waals surface area contributed by atoms with E-state index in [1.165, 1.54) is 11.4 Å². The van der Waals surface area contributed by atoms with E-state index in [4.69, 9.17) is 4.99 Å². The molecule has 0 radical (unpaired) electrons.